The summed E-state index contributed by atoms with van der Waals surface area (Å²) in [6, 6.07) is 10.3. The predicted molar refractivity (Wildman–Crippen MR) is 86.8 cm³/mol. The predicted octanol–water partition coefficient (Wildman–Crippen LogP) is 1.78. The average molecular weight is 313 g/mol. The fraction of sp³-hybridized carbons (Fsp3) is 0.562. The normalized spacial score (nSPS) is 17.2. The van der Waals surface area contributed by atoms with E-state index in [0.717, 1.165) is 39.0 Å². The molecule has 4 nitrogen and oxygen atoms in total. The van der Waals surface area contributed by atoms with Crippen LogP contribution in [0, 0.1) is 5.92 Å². The number of carbonyl (C=O) groups excluding carboxylic acids is 1. The van der Waals surface area contributed by atoms with Crippen molar-refractivity contribution in [3.8, 4) is 0 Å². The van der Waals surface area contributed by atoms with Crippen LogP contribution in [0.4, 0.5) is 0 Å². The largest absolute Gasteiger partial charge is 0.381 e. The van der Waals surface area contributed by atoms with Crippen LogP contribution in [0.5, 0.6) is 0 Å². The number of amides is 1. The molecule has 1 amide bonds. The maximum atomic E-state index is 11.7. The number of benzene rings is 1. The number of hydrogen-bond acceptors (Lipinski definition) is 3. The summed E-state index contributed by atoms with van der Waals surface area (Å²) in [6.07, 6.45) is 2.78. The lowest BCUT2D eigenvalue weighted by atomic mass is 10.1. The van der Waals surface area contributed by atoms with Gasteiger partial charge in [0.05, 0.1) is 12.5 Å². The minimum absolute atomic E-state index is 0. The summed E-state index contributed by atoms with van der Waals surface area (Å²) in [5.74, 6) is 0.341. The van der Waals surface area contributed by atoms with Gasteiger partial charge in [0.1, 0.15) is 0 Å². The van der Waals surface area contributed by atoms with Crippen LogP contribution in [-0.2, 0) is 16.0 Å². The Morgan fingerprint density at radius 3 is 2.81 bits per heavy atom. The molecule has 1 unspecified atom stereocenters. The van der Waals surface area contributed by atoms with Gasteiger partial charge in [-0.2, -0.15) is 0 Å². The van der Waals surface area contributed by atoms with Gasteiger partial charge in [0, 0.05) is 19.7 Å². The maximum absolute atomic E-state index is 11.7. The number of carbonyl (C=O) groups is 1. The van der Waals surface area contributed by atoms with Gasteiger partial charge in [-0.25, -0.2) is 0 Å². The van der Waals surface area contributed by atoms with Crippen LogP contribution in [0.2, 0.25) is 0 Å². The van der Waals surface area contributed by atoms with E-state index >= 15 is 0 Å². The van der Waals surface area contributed by atoms with Crippen molar-refractivity contribution in [2.75, 3.05) is 32.8 Å². The number of ether oxygens (including phenoxy) is 1. The molecule has 1 aromatic carbocycles. The van der Waals surface area contributed by atoms with Gasteiger partial charge in [0.15, 0.2) is 0 Å². The quantitative estimate of drug-likeness (QED) is 0.720. The van der Waals surface area contributed by atoms with Gasteiger partial charge >= 0.3 is 0 Å². The Bertz CT molecular complexity index is 395. The van der Waals surface area contributed by atoms with Crippen LogP contribution < -0.4 is 10.6 Å². The Hall–Kier alpha value is -1.10. The van der Waals surface area contributed by atoms with Gasteiger partial charge in [-0.1, -0.05) is 30.3 Å². The van der Waals surface area contributed by atoms with E-state index in [2.05, 4.69) is 22.8 Å². The van der Waals surface area contributed by atoms with Gasteiger partial charge in [-0.05, 0) is 31.4 Å². The average Bonchev–Trinajstić information content (AvgIpc) is 3.01. The first kappa shape index (κ1) is 18.0. The second-order valence-electron chi connectivity index (χ2n) is 5.18. The number of halogens is 1. The first-order valence-electron chi connectivity index (χ1n) is 7.46. The van der Waals surface area contributed by atoms with Gasteiger partial charge in [-0.3, -0.25) is 4.79 Å². The Labute approximate surface area is 133 Å². The number of nitrogens with one attached hydrogen (secondary N) is 2. The lowest BCUT2D eigenvalue weighted by molar-refractivity contribution is -0.124. The summed E-state index contributed by atoms with van der Waals surface area (Å²) in [7, 11) is 0. The minimum Gasteiger partial charge on any atom is -0.381 e. The summed E-state index contributed by atoms with van der Waals surface area (Å²) in [4.78, 5) is 11.7. The van der Waals surface area contributed by atoms with Crippen molar-refractivity contribution in [3.63, 3.8) is 0 Å². The van der Waals surface area contributed by atoms with E-state index in [1.807, 2.05) is 18.2 Å². The summed E-state index contributed by atoms with van der Waals surface area (Å²) in [6.45, 7) is 3.93. The SMILES string of the molecule is Cl.O=C(NCCCOCCc1ccccc1)C1CCNC1. The van der Waals surface area contributed by atoms with Crippen LogP contribution in [0.25, 0.3) is 0 Å². The summed E-state index contributed by atoms with van der Waals surface area (Å²) >= 11 is 0. The molecule has 2 rings (SSSR count). The second-order valence-corrected chi connectivity index (χ2v) is 5.18. The van der Waals surface area contributed by atoms with Crippen molar-refractivity contribution in [1.29, 1.82) is 0 Å². The topological polar surface area (TPSA) is 50.4 Å². The van der Waals surface area contributed by atoms with E-state index in [1.165, 1.54) is 5.56 Å². The summed E-state index contributed by atoms with van der Waals surface area (Å²) < 4.78 is 5.58. The smallest absolute Gasteiger partial charge is 0.224 e. The fourth-order valence-electron chi connectivity index (χ4n) is 2.35. The van der Waals surface area contributed by atoms with Crippen molar-refractivity contribution >= 4 is 18.3 Å². The molecule has 1 atom stereocenters. The molecule has 0 saturated carbocycles. The highest BCUT2D eigenvalue weighted by Crippen LogP contribution is 2.06. The fourth-order valence-corrected chi connectivity index (χ4v) is 2.35. The van der Waals surface area contributed by atoms with E-state index in [-0.39, 0.29) is 24.2 Å². The van der Waals surface area contributed by atoms with Gasteiger partial charge in [-0.15, -0.1) is 12.4 Å². The summed E-state index contributed by atoms with van der Waals surface area (Å²) in [5.41, 5.74) is 1.30. The monoisotopic (exact) mass is 312 g/mol. The zero-order chi connectivity index (χ0) is 14.0. The van der Waals surface area contributed by atoms with E-state index in [9.17, 15) is 4.79 Å². The van der Waals surface area contributed by atoms with E-state index in [1.54, 1.807) is 0 Å². The van der Waals surface area contributed by atoms with Crippen molar-refractivity contribution < 1.29 is 9.53 Å². The highest BCUT2D eigenvalue weighted by Gasteiger charge is 2.21. The van der Waals surface area contributed by atoms with E-state index in [4.69, 9.17) is 4.74 Å². The molecule has 0 spiro atoms. The minimum atomic E-state index is 0. The highest BCUT2D eigenvalue weighted by molar-refractivity contribution is 5.85. The third-order valence-corrected chi connectivity index (χ3v) is 3.57. The third kappa shape index (κ3) is 6.93. The molecule has 1 saturated heterocycles. The Balaban J connectivity index is 0.00000220. The van der Waals surface area contributed by atoms with Gasteiger partial charge in [0.25, 0.3) is 0 Å². The lowest BCUT2D eigenvalue weighted by Crippen LogP contribution is -2.32. The van der Waals surface area contributed by atoms with Crippen LogP contribution >= 0.6 is 12.4 Å². The molecular formula is C16H25ClN2O2. The molecule has 1 heterocycles. The second kappa shape index (κ2) is 10.6. The molecule has 21 heavy (non-hydrogen) atoms. The Kier molecular flexibility index (Phi) is 9.06. The number of rotatable bonds is 8. The molecule has 1 aliphatic rings. The standard InChI is InChI=1S/C16H24N2O2.ClH/c19-16(15-7-10-17-13-15)18-9-4-11-20-12-8-14-5-2-1-3-6-14;/h1-3,5-6,15,17H,4,7-13H2,(H,18,19);1H. The number of hydrogen-bond donors (Lipinski definition) is 2. The van der Waals surface area contributed by atoms with E-state index < -0.39 is 0 Å². The Morgan fingerprint density at radius 1 is 1.29 bits per heavy atom. The van der Waals surface area contributed by atoms with Crippen molar-refractivity contribution in [2.24, 2.45) is 5.92 Å². The molecule has 0 aromatic heterocycles. The zero-order valence-corrected chi connectivity index (χ0v) is 13.2. The van der Waals surface area contributed by atoms with Crippen LogP contribution in [-0.4, -0.2) is 38.8 Å². The molecule has 5 heteroatoms. The first-order valence-corrected chi connectivity index (χ1v) is 7.46. The van der Waals surface area contributed by atoms with Crippen LogP contribution in [0.3, 0.4) is 0 Å². The molecular weight excluding hydrogens is 288 g/mol. The molecule has 0 bridgehead atoms. The molecule has 1 fully saturated rings. The maximum Gasteiger partial charge on any atom is 0.224 e. The first-order chi connectivity index (χ1) is 9.86. The van der Waals surface area contributed by atoms with E-state index in [0.29, 0.717) is 13.2 Å². The van der Waals surface area contributed by atoms with Crippen molar-refractivity contribution in [2.45, 2.75) is 19.3 Å². The lowest BCUT2D eigenvalue weighted by Gasteiger charge is -2.10. The summed E-state index contributed by atoms with van der Waals surface area (Å²) in [5, 5.41) is 6.18. The molecule has 118 valence electrons. The molecule has 1 aliphatic heterocycles. The highest BCUT2D eigenvalue weighted by atomic mass is 35.5. The third-order valence-electron chi connectivity index (χ3n) is 3.57. The molecule has 0 radical (unpaired) electrons. The van der Waals surface area contributed by atoms with Crippen molar-refractivity contribution in [1.82, 2.24) is 10.6 Å². The van der Waals surface area contributed by atoms with Gasteiger partial charge in [0.2, 0.25) is 5.91 Å². The Morgan fingerprint density at radius 2 is 2.10 bits per heavy atom. The van der Waals surface area contributed by atoms with Gasteiger partial charge < -0.3 is 15.4 Å². The van der Waals surface area contributed by atoms with Crippen LogP contribution in [0.15, 0.2) is 30.3 Å². The molecule has 0 aliphatic carbocycles. The zero-order valence-electron chi connectivity index (χ0n) is 12.3. The van der Waals surface area contributed by atoms with Crippen molar-refractivity contribution in [3.05, 3.63) is 35.9 Å². The van der Waals surface area contributed by atoms with Crippen LogP contribution in [0.1, 0.15) is 18.4 Å². The molecule has 1 aromatic rings. The molecule has 2 N–H and O–H groups in total.